The zero-order valence-corrected chi connectivity index (χ0v) is 14.0. The van der Waals surface area contributed by atoms with Gasteiger partial charge in [-0.3, -0.25) is 14.9 Å². The molecule has 1 atom stereocenters. The number of nitro benzene ring substituents is 1. The van der Waals surface area contributed by atoms with Crippen molar-refractivity contribution in [1.82, 2.24) is 10.2 Å². The molecule has 0 bridgehead atoms. The highest BCUT2D eigenvalue weighted by atomic mass is 35.5. The van der Waals surface area contributed by atoms with Gasteiger partial charge in [0.05, 0.1) is 20.9 Å². The summed E-state index contributed by atoms with van der Waals surface area (Å²) in [6, 6.07) is 3.88. The van der Waals surface area contributed by atoms with Crippen LogP contribution in [0.3, 0.4) is 0 Å². The lowest BCUT2D eigenvalue weighted by atomic mass is 10.2. The highest BCUT2D eigenvalue weighted by molar-refractivity contribution is 8.02. The number of carbonyl (C=O) groups excluding carboxylic acids is 1. The van der Waals surface area contributed by atoms with Crippen molar-refractivity contribution >= 4 is 52.0 Å². The van der Waals surface area contributed by atoms with E-state index in [1.165, 1.54) is 41.3 Å². The lowest BCUT2D eigenvalue weighted by molar-refractivity contribution is -0.384. The van der Waals surface area contributed by atoms with Gasteiger partial charge in [0, 0.05) is 12.1 Å². The number of amides is 1. The number of nitro groups is 1. The van der Waals surface area contributed by atoms with Gasteiger partial charge in [0.25, 0.3) is 5.69 Å². The molecule has 10 heteroatoms. The third-order valence-corrected chi connectivity index (χ3v) is 4.93. The second-order valence-corrected chi connectivity index (χ2v) is 7.43. The van der Waals surface area contributed by atoms with Crippen molar-refractivity contribution in [2.45, 2.75) is 23.4 Å². The molecule has 1 amide bonds. The van der Waals surface area contributed by atoms with Crippen LogP contribution in [0.4, 0.5) is 11.4 Å². The molecule has 2 rings (SSSR count). The van der Waals surface area contributed by atoms with E-state index < -0.39 is 10.2 Å². The molecule has 0 aliphatic heterocycles. The number of hydrogen-bond acceptors (Lipinski definition) is 7. The summed E-state index contributed by atoms with van der Waals surface area (Å²) in [5, 5.41) is 21.8. The van der Waals surface area contributed by atoms with Crippen molar-refractivity contribution in [3.8, 4) is 0 Å². The summed E-state index contributed by atoms with van der Waals surface area (Å²) in [5.74, 6) is -0.319. The summed E-state index contributed by atoms with van der Waals surface area (Å²) in [6.45, 7) is 3.54. The number of hydrogen-bond donors (Lipinski definition) is 1. The minimum Gasteiger partial charge on any atom is -0.324 e. The number of aromatic nitrogens is 2. The molecule has 116 valence electrons. The Morgan fingerprint density at radius 3 is 2.82 bits per heavy atom. The van der Waals surface area contributed by atoms with Gasteiger partial charge in [-0.05, 0) is 19.9 Å². The quantitative estimate of drug-likeness (QED) is 0.498. The standard InChI is InChI=1S/C12H11ClN4O3S2/c1-6(21-12-16-15-7(2)22-12)11(18)14-10-5-8(17(19)20)3-4-9(10)13/h3-6H,1-2H3,(H,14,18). The van der Waals surface area contributed by atoms with Gasteiger partial charge >= 0.3 is 0 Å². The number of aryl methyl sites for hydroxylation is 1. The molecule has 7 nitrogen and oxygen atoms in total. The highest BCUT2D eigenvalue weighted by Crippen LogP contribution is 2.30. The van der Waals surface area contributed by atoms with Gasteiger partial charge in [-0.25, -0.2) is 0 Å². The maximum Gasteiger partial charge on any atom is 0.271 e. The van der Waals surface area contributed by atoms with Crippen molar-refractivity contribution in [2.75, 3.05) is 5.32 Å². The molecule has 2 aromatic rings. The fourth-order valence-corrected chi connectivity index (χ4v) is 3.61. The number of halogens is 1. The Kier molecular flexibility index (Phi) is 5.33. The van der Waals surface area contributed by atoms with Crippen LogP contribution in [0.1, 0.15) is 11.9 Å². The number of anilines is 1. The molecule has 0 radical (unpaired) electrons. The highest BCUT2D eigenvalue weighted by Gasteiger charge is 2.19. The molecule has 1 aromatic carbocycles. The number of carbonyl (C=O) groups is 1. The van der Waals surface area contributed by atoms with Crippen LogP contribution >= 0.6 is 34.7 Å². The number of benzene rings is 1. The third kappa shape index (κ3) is 4.15. The monoisotopic (exact) mass is 358 g/mol. The largest absolute Gasteiger partial charge is 0.324 e. The van der Waals surface area contributed by atoms with Crippen molar-refractivity contribution < 1.29 is 9.72 Å². The smallest absolute Gasteiger partial charge is 0.271 e. The molecule has 0 saturated carbocycles. The van der Waals surface area contributed by atoms with Crippen LogP contribution in [0.15, 0.2) is 22.5 Å². The Balaban J connectivity index is 2.07. The Morgan fingerprint density at radius 1 is 1.50 bits per heavy atom. The number of rotatable bonds is 5. The van der Waals surface area contributed by atoms with E-state index in [1.807, 2.05) is 6.92 Å². The molecule has 0 aliphatic rings. The average molecular weight is 359 g/mol. The number of nitrogens with zero attached hydrogens (tertiary/aromatic N) is 3. The Bertz CT molecular complexity index is 722. The Morgan fingerprint density at radius 2 is 2.23 bits per heavy atom. The molecule has 22 heavy (non-hydrogen) atoms. The van der Waals surface area contributed by atoms with Crippen LogP contribution in [0.5, 0.6) is 0 Å². The third-order valence-electron chi connectivity index (χ3n) is 2.57. The van der Waals surface area contributed by atoms with E-state index in [1.54, 1.807) is 6.92 Å². The first kappa shape index (κ1) is 16.7. The first-order chi connectivity index (χ1) is 10.4. The second-order valence-electron chi connectivity index (χ2n) is 4.26. The summed E-state index contributed by atoms with van der Waals surface area (Å²) in [4.78, 5) is 22.4. The maximum absolute atomic E-state index is 12.2. The lowest BCUT2D eigenvalue weighted by Gasteiger charge is -2.11. The normalized spacial score (nSPS) is 12.0. The van der Waals surface area contributed by atoms with E-state index in [9.17, 15) is 14.9 Å². The zero-order chi connectivity index (χ0) is 16.3. The van der Waals surface area contributed by atoms with Crippen LogP contribution in [0, 0.1) is 17.0 Å². The fourth-order valence-electron chi connectivity index (χ4n) is 1.49. The van der Waals surface area contributed by atoms with E-state index in [0.29, 0.717) is 4.34 Å². The predicted octanol–water partition coefficient (Wildman–Crippen LogP) is 3.53. The van der Waals surface area contributed by atoms with Gasteiger partial charge in [0.2, 0.25) is 5.91 Å². The number of non-ortho nitro benzene ring substituents is 1. The summed E-state index contributed by atoms with van der Waals surface area (Å²) in [5.41, 5.74) is 0.0708. The number of nitrogens with one attached hydrogen (secondary N) is 1. The molecular formula is C12H11ClN4O3S2. The van der Waals surface area contributed by atoms with Crippen LogP contribution in [0.2, 0.25) is 5.02 Å². The predicted molar refractivity (Wildman–Crippen MR) is 86.7 cm³/mol. The lowest BCUT2D eigenvalue weighted by Crippen LogP contribution is -2.22. The minimum absolute atomic E-state index is 0.139. The molecule has 0 aliphatic carbocycles. The van der Waals surface area contributed by atoms with Gasteiger partial charge in [0.15, 0.2) is 4.34 Å². The molecule has 1 heterocycles. The van der Waals surface area contributed by atoms with Crippen molar-refractivity contribution in [3.63, 3.8) is 0 Å². The molecular weight excluding hydrogens is 348 g/mol. The molecule has 0 spiro atoms. The van der Waals surface area contributed by atoms with Gasteiger partial charge < -0.3 is 5.32 Å². The maximum atomic E-state index is 12.2. The summed E-state index contributed by atoms with van der Waals surface area (Å²) in [6.07, 6.45) is 0. The molecule has 1 N–H and O–H groups in total. The second kappa shape index (κ2) is 7.03. The molecule has 0 fully saturated rings. The van der Waals surface area contributed by atoms with Crippen molar-refractivity contribution in [2.24, 2.45) is 0 Å². The van der Waals surface area contributed by atoms with E-state index in [-0.39, 0.29) is 22.3 Å². The minimum atomic E-state index is -0.547. The van der Waals surface area contributed by atoms with Crippen molar-refractivity contribution in [1.29, 1.82) is 0 Å². The molecule has 1 aromatic heterocycles. The van der Waals surface area contributed by atoms with Gasteiger partial charge in [0.1, 0.15) is 5.01 Å². The summed E-state index contributed by atoms with van der Waals surface area (Å²) >= 11 is 8.61. The fraction of sp³-hybridized carbons (Fsp3) is 0.250. The molecule has 0 saturated heterocycles. The van der Waals surface area contributed by atoms with E-state index in [0.717, 1.165) is 5.01 Å². The van der Waals surface area contributed by atoms with Crippen LogP contribution in [-0.4, -0.2) is 26.3 Å². The van der Waals surface area contributed by atoms with Crippen LogP contribution in [0.25, 0.3) is 0 Å². The first-order valence-electron chi connectivity index (χ1n) is 6.08. The van der Waals surface area contributed by atoms with Crippen LogP contribution in [-0.2, 0) is 4.79 Å². The summed E-state index contributed by atoms with van der Waals surface area (Å²) in [7, 11) is 0. The van der Waals surface area contributed by atoms with Gasteiger partial charge in [-0.15, -0.1) is 10.2 Å². The first-order valence-corrected chi connectivity index (χ1v) is 8.16. The molecule has 1 unspecified atom stereocenters. The van der Waals surface area contributed by atoms with Crippen molar-refractivity contribution in [3.05, 3.63) is 38.3 Å². The van der Waals surface area contributed by atoms with Gasteiger partial charge in [-0.1, -0.05) is 34.7 Å². The zero-order valence-electron chi connectivity index (χ0n) is 11.6. The van der Waals surface area contributed by atoms with E-state index in [4.69, 9.17) is 11.6 Å². The number of thioether (sulfide) groups is 1. The van der Waals surface area contributed by atoms with E-state index >= 15 is 0 Å². The van der Waals surface area contributed by atoms with Gasteiger partial charge in [-0.2, -0.15) is 0 Å². The topological polar surface area (TPSA) is 98.0 Å². The average Bonchev–Trinajstić information content (AvgIpc) is 2.86. The Hall–Kier alpha value is -1.71. The summed E-state index contributed by atoms with van der Waals surface area (Å²) < 4.78 is 0.685. The SMILES string of the molecule is Cc1nnc(SC(C)C(=O)Nc2cc([N+](=O)[O-])ccc2Cl)s1. The van der Waals surface area contributed by atoms with Crippen LogP contribution < -0.4 is 5.32 Å². The van der Waals surface area contributed by atoms with E-state index in [2.05, 4.69) is 15.5 Å². The Labute approximate surface area is 139 Å².